The van der Waals surface area contributed by atoms with E-state index in [1.54, 1.807) is 12.1 Å². The molecule has 1 aliphatic rings. The number of carbonyl (C=O) groups is 1. The van der Waals surface area contributed by atoms with Crippen molar-refractivity contribution in [1.82, 2.24) is 9.80 Å². The molecule has 1 aliphatic heterocycles. The Morgan fingerprint density at radius 2 is 1.72 bits per heavy atom. The first kappa shape index (κ1) is 17.6. The molecule has 1 N–H and O–H groups in total. The Morgan fingerprint density at radius 1 is 1.12 bits per heavy atom. The largest absolute Gasteiger partial charge is 0.457 e. The van der Waals surface area contributed by atoms with Crippen molar-refractivity contribution in [3.05, 3.63) is 53.6 Å². The minimum absolute atomic E-state index is 0.0595. The van der Waals surface area contributed by atoms with E-state index in [0.717, 1.165) is 25.2 Å². The van der Waals surface area contributed by atoms with E-state index in [4.69, 9.17) is 16.3 Å². The van der Waals surface area contributed by atoms with Crippen LogP contribution in [0.2, 0.25) is 5.02 Å². The van der Waals surface area contributed by atoms with E-state index < -0.39 is 0 Å². The zero-order valence-electron chi connectivity index (χ0n) is 14.4. The second kappa shape index (κ2) is 7.76. The fourth-order valence-electron chi connectivity index (χ4n) is 2.80. The molecule has 6 heteroatoms. The van der Waals surface area contributed by atoms with Crippen molar-refractivity contribution in [2.75, 3.05) is 32.5 Å². The lowest BCUT2D eigenvalue weighted by molar-refractivity contribution is 0.216. The monoisotopic (exact) mass is 359 g/mol. The first-order valence-electron chi connectivity index (χ1n) is 8.27. The van der Waals surface area contributed by atoms with Gasteiger partial charge in [-0.05, 0) is 69.0 Å². The van der Waals surface area contributed by atoms with Crippen molar-refractivity contribution >= 4 is 23.3 Å². The highest BCUT2D eigenvalue weighted by Crippen LogP contribution is 2.24. The maximum atomic E-state index is 12.3. The molecule has 2 amide bonds. The van der Waals surface area contributed by atoms with Crippen LogP contribution >= 0.6 is 11.6 Å². The smallest absolute Gasteiger partial charge is 0.321 e. The molecule has 0 radical (unpaired) electrons. The number of ether oxygens (including phenoxy) is 1. The lowest BCUT2D eigenvalue weighted by atomic mass is 10.2. The third-order valence-corrected chi connectivity index (χ3v) is 4.59. The Morgan fingerprint density at radius 3 is 2.28 bits per heavy atom. The van der Waals surface area contributed by atoms with Crippen molar-refractivity contribution in [3.63, 3.8) is 0 Å². The Kier molecular flexibility index (Phi) is 5.46. The van der Waals surface area contributed by atoms with Gasteiger partial charge in [0.1, 0.15) is 11.5 Å². The molecule has 0 aromatic heterocycles. The van der Waals surface area contributed by atoms with Crippen molar-refractivity contribution in [2.45, 2.75) is 12.5 Å². The van der Waals surface area contributed by atoms with Crippen LogP contribution in [0.15, 0.2) is 48.5 Å². The van der Waals surface area contributed by atoms with Crippen LogP contribution in [0.4, 0.5) is 10.5 Å². The first-order valence-corrected chi connectivity index (χ1v) is 8.65. The average Bonchev–Trinajstić information content (AvgIpc) is 3.09. The van der Waals surface area contributed by atoms with Gasteiger partial charge in [-0.1, -0.05) is 11.6 Å². The van der Waals surface area contributed by atoms with Crippen molar-refractivity contribution < 1.29 is 9.53 Å². The number of benzene rings is 2. The highest BCUT2D eigenvalue weighted by molar-refractivity contribution is 6.30. The molecule has 1 heterocycles. The molecule has 0 bridgehead atoms. The normalized spacial score (nSPS) is 17.0. The molecule has 2 aromatic carbocycles. The molecule has 25 heavy (non-hydrogen) atoms. The van der Waals surface area contributed by atoms with Crippen LogP contribution in [0, 0.1) is 0 Å². The summed E-state index contributed by atoms with van der Waals surface area (Å²) in [7, 11) is 4.09. The van der Waals surface area contributed by atoms with E-state index in [0.29, 0.717) is 22.6 Å². The molecule has 0 saturated carbocycles. The lowest BCUT2D eigenvalue weighted by Crippen LogP contribution is -2.36. The molecule has 0 aliphatic carbocycles. The second-order valence-corrected chi connectivity index (χ2v) is 6.80. The number of nitrogens with zero attached hydrogens (tertiary/aromatic N) is 2. The molecule has 1 fully saturated rings. The van der Waals surface area contributed by atoms with Gasteiger partial charge in [0.05, 0.1) is 0 Å². The van der Waals surface area contributed by atoms with E-state index in [2.05, 4.69) is 10.2 Å². The number of hydrogen-bond acceptors (Lipinski definition) is 3. The van der Waals surface area contributed by atoms with Crippen LogP contribution in [0.3, 0.4) is 0 Å². The maximum absolute atomic E-state index is 12.3. The summed E-state index contributed by atoms with van der Waals surface area (Å²) in [5, 5.41) is 3.61. The summed E-state index contributed by atoms with van der Waals surface area (Å²) >= 11 is 5.86. The minimum Gasteiger partial charge on any atom is -0.457 e. The Labute approximate surface area is 153 Å². The number of likely N-dealkylation sites (tertiary alicyclic amines) is 1. The SMILES string of the molecule is CN(C)C1CCN(C(=O)Nc2ccc(Oc3ccc(Cl)cc3)cc2)C1. The summed E-state index contributed by atoms with van der Waals surface area (Å²) in [6.45, 7) is 1.54. The van der Waals surface area contributed by atoms with E-state index >= 15 is 0 Å². The maximum Gasteiger partial charge on any atom is 0.321 e. The quantitative estimate of drug-likeness (QED) is 0.885. The van der Waals surface area contributed by atoms with Crippen molar-refractivity contribution in [3.8, 4) is 11.5 Å². The molecular weight excluding hydrogens is 338 g/mol. The van der Waals surface area contributed by atoms with E-state index in [1.165, 1.54) is 0 Å². The predicted molar refractivity (Wildman–Crippen MR) is 101 cm³/mol. The fraction of sp³-hybridized carbons (Fsp3) is 0.316. The summed E-state index contributed by atoms with van der Waals surface area (Å²) in [6, 6.07) is 14.9. The van der Waals surface area contributed by atoms with Crippen LogP contribution in [-0.2, 0) is 0 Å². The van der Waals surface area contributed by atoms with Gasteiger partial charge in [0.15, 0.2) is 0 Å². The second-order valence-electron chi connectivity index (χ2n) is 6.36. The standard InChI is InChI=1S/C19H22ClN3O2/c1-22(2)16-11-12-23(13-16)19(24)21-15-5-9-18(10-6-15)25-17-7-3-14(20)4-8-17/h3-10,16H,11-13H2,1-2H3,(H,21,24). The summed E-state index contributed by atoms with van der Waals surface area (Å²) in [4.78, 5) is 16.4. The van der Waals surface area contributed by atoms with Crippen LogP contribution in [0.1, 0.15) is 6.42 Å². The van der Waals surface area contributed by atoms with Gasteiger partial charge in [-0.3, -0.25) is 0 Å². The lowest BCUT2D eigenvalue weighted by Gasteiger charge is -2.20. The van der Waals surface area contributed by atoms with Gasteiger partial charge >= 0.3 is 6.03 Å². The first-order chi connectivity index (χ1) is 12.0. The molecular formula is C19H22ClN3O2. The predicted octanol–water partition coefficient (Wildman–Crippen LogP) is 4.30. The molecule has 1 unspecified atom stereocenters. The molecule has 132 valence electrons. The third kappa shape index (κ3) is 4.65. The summed E-state index contributed by atoms with van der Waals surface area (Å²) in [5.41, 5.74) is 0.752. The number of hydrogen-bond donors (Lipinski definition) is 1. The zero-order valence-corrected chi connectivity index (χ0v) is 15.2. The van der Waals surface area contributed by atoms with Crippen molar-refractivity contribution in [1.29, 1.82) is 0 Å². The van der Waals surface area contributed by atoms with Crippen LogP contribution < -0.4 is 10.1 Å². The van der Waals surface area contributed by atoms with Crippen molar-refractivity contribution in [2.24, 2.45) is 0 Å². The third-order valence-electron chi connectivity index (χ3n) is 4.34. The minimum atomic E-state index is -0.0595. The number of rotatable bonds is 4. The van der Waals surface area contributed by atoms with E-state index in [1.807, 2.05) is 55.4 Å². The Hall–Kier alpha value is -2.24. The molecule has 1 atom stereocenters. The van der Waals surface area contributed by atoms with Gasteiger partial charge in [0.2, 0.25) is 0 Å². The Bertz CT molecular complexity index is 716. The number of carbonyl (C=O) groups excluding carboxylic acids is 1. The van der Waals surface area contributed by atoms with Gasteiger partial charge < -0.3 is 19.9 Å². The summed E-state index contributed by atoms with van der Waals surface area (Å²) in [6.07, 6.45) is 1.01. The molecule has 3 rings (SSSR count). The van der Waals surface area contributed by atoms with Crippen LogP contribution in [-0.4, -0.2) is 49.1 Å². The molecule has 2 aromatic rings. The number of halogens is 1. The average molecular weight is 360 g/mol. The van der Waals surface area contributed by atoms with Crippen LogP contribution in [0.25, 0.3) is 0 Å². The molecule has 5 nitrogen and oxygen atoms in total. The van der Waals surface area contributed by atoms with Gasteiger partial charge in [0, 0.05) is 29.8 Å². The summed E-state index contributed by atoms with van der Waals surface area (Å²) < 4.78 is 5.75. The fourth-order valence-corrected chi connectivity index (χ4v) is 2.92. The van der Waals surface area contributed by atoms with Gasteiger partial charge in [-0.25, -0.2) is 4.79 Å². The number of urea groups is 1. The highest BCUT2D eigenvalue weighted by atomic mass is 35.5. The molecule has 1 saturated heterocycles. The number of amides is 2. The van der Waals surface area contributed by atoms with E-state index in [9.17, 15) is 4.79 Å². The number of nitrogens with one attached hydrogen (secondary N) is 1. The zero-order chi connectivity index (χ0) is 17.8. The number of likely N-dealkylation sites (N-methyl/N-ethyl adjacent to an activating group) is 1. The number of anilines is 1. The molecule has 0 spiro atoms. The van der Waals surface area contributed by atoms with Gasteiger partial charge in [0.25, 0.3) is 0 Å². The van der Waals surface area contributed by atoms with Gasteiger partial charge in [-0.15, -0.1) is 0 Å². The Balaban J connectivity index is 1.55. The van der Waals surface area contributed by atoms with Gasteiger partial charge in [-0.2, -0.15) is 0 Å². The topological polar surface area (TPSA) is 44.8 Å². The highest BCUT2D eigenvalue weighted by Gasteiger charge is 2.27. The summed E-state index contributed by atoms with van der Waals surface area (Å²) in [5.74, 6) is 1.42. The van der Waals surface area contributed by atoms with E-state index in [-0.39, 0.29) is 6.03 Å². The van der Waals surface area contributed by atoms with Crippen LogP contribution in [0.5, 0.6) is 11.5 Å².